The Morgan fingerprint density at radius 2 is 2.00 bits per heavy atom. The van der Waals surface area contributed by atoms with E-state index in [1.165, 1.54) is 22.2 Å². The summed E-state index contributed by atoms with van der Waals surface area (Å²) in [4.78, 5) is 9.12. The lowest BCUT2D eigenvalue weighted by atomic mass is 10.1. The Bertz CT molecular complexity index is 635. The molecule has 0 saturated carbocycles. The Hall–Kier alpha value is -1.72. The van der Waals surface area contributed by atoms with Crippen molar-refractivity contribution in [1.82, 2.24) is 4.57 Å². The number of ether oxygens (including phenoxy) is 1. The summed E-state index contributed by atoms with van der Waals surface area (Å²) in [7, 11) is 3.76. The second-order valence-electron chi connectivity index (χ2n) is 4.46. The second kappa shape index (κ2) is 6.63. The number of hydrogen-bond acceptors (Lipinski definition) is 3. The minimum Gasteiger partial charge on any atom is -0.549 e. The molecule has 5 nitrogen and oxygen atoms in total. The molecule has 1 aromatic carbocycles. The van der Waals surface area contributed by atoms with Gasteiger partial charge in [-0.2, -0.15) is 0 Å². The fourth-order valence-corrected chi connectivity index (χ4v) is 2.01. The smallest absolute Gasteiger partial charge is 0.180 e. The first-order valence-corrected chi connectivity index (χ1v) is 6.58. The van der Waals surface area contributed by atoms with Gasteiger partial charge in [-0.25, -0.2) is 0 Å². The molecule has 0 radical (unpaired) electrons. The molecule has 0 aliphatic carbocycles. The van der Waals surface area contributed by atoms with Crippen molar-refractivity contribution in [1.29, 1.82) is 0 Å². The molecule has 1 aromatic heterocycles. The highest BCUT2D eigenvalue weighted by Gasteiger charge is 2.12. The molecule has 0 spiro atoms. The van der Waals surface area contributed by atoms with Gasteiger partial charge < -0.3 is 24.9 Å². The number of methoxy groups -OCH3 is 1. The van der Waals surface area contributed by atoms with Crippen LogP contribution in [-0.4, -0.2) is 23.5 Å². The summed E-state index contributed by atoms with van der Waals surface area (Å²) in [5.74, 6) is -0.789. The Kier molecular flexibility index (Phi) is 5.42. The summed E-state index contributed by atoms with van der Waals surface area (Å²) < 4.78 is 7.48. The lowest BCUT2D eigenvalue weighted by Gasteiger charge is -2.02. The molecule has 0 bridgehead atoms. The van der Waals surface area contributed by atoms with E-state index in [4.69, 9.17) is 14.6 Å². The molecule has 6 heteroatoms. The van der Waals surface area contributed by atoms with Gasteiger partial charge in [-0.3, -0.25) is 0 Å². The molecular formula is C14H19ClN2O3. The van der Waals surface area contributed by atoms with Crippen LogP contribution in [0.25, 0.3) is 10.9 Å². The van der Waals surface area contributed by atoms with Crippen LogP contribution in [0.5, 0.6) is 5.75 Å². The van der Waals surface area contributed by atoms with Crippen molar-refractivity contribution in [2.24, 2.45) is 7.05 Å². The summed E-state index contributed by atoms with van der Waals surface area (Å²) in [5, 5.41) is 10.4. The molecule has 110 valence electrons. The van der Waals surface area contributed by atoms with E-state index in [1.54, 1.807) is 7.11 Å². The highest BCUT2D eigenvalue weighted by Crippen LogP contribution is 2.31. The van der Waals surface area contributed by atoms with Gasteiger partial charge in [0.15, 0.2) is 11.4 Å². The zero-order chi connectivity index (χ0) is 15.4. The van der Waals surface area contributed by atoms with Crippen molar-refractivity contribution in [3.05, 3.63) is 23.4 Å². The second-order valence-corrected chi connectivity index (χ2v) is 4.72. The Labute approximate surface area is 122 Å². The first-order chi connectivity index (χ1) is 9.33. The normalized spacial score (nSPS) is 10.1. The Morgan fingerprint density at radius 3 is 2.45 bits per heavy atom. The summed E-state index contributed by atoms with van der Waals surface area (Å²) >= 11 is 4.67. The van der Waals surface area contributed by atoms with E-state index in [-0.39, 0.29) is 0 Å². The number of carboxylic acids is 1. The van der Waals surface area contributed by atoms with Gasteiger partial charge in [0.1, 0.15) is 0 Å². The average Bonchev–Trinajstić information content (AvgIpc) is 2.63. The highest BCUT2D eigenvalue weighted by molar-refractivity contribution is 6.25. The number of hydrogen-bond donors (Lipinski definition) is 1. The minimum atomic E-state index is -1.23. The topological polar surface area (TPSA) is 81.9 Å². The monoisotopic (exact) mass is 298 g/mol. The first-order valence-electron chi connectivity index (χ1n) is 6.04. The molecule has 0 atom stereocenters. The van der Waals surface area contributed by atoms with Crippen LogP contribution in [0.2, 0.25) is 0 Å². The van der Waals surface area contributed by atoms with Crippen molar-refractivity contribution in [3.63, 3.8) is 0 Å². The van der Waals surface area contributed by atoms with Crippen LogP contribution in [0, 0.1) is 13.8 Å². The maximum Gasteiger partial charge on any atom is 0.180 e. The van der Waals surface area contributed by atoms with Crippen LogP contribution in [0.1, 0.15) is 11.3 Å². The third-order valence-corrected chi connectivity index (χ3v) is 3.54. The molecule has 0 fully saturated rings. The number of carbonyl (C=O) groups is 1. The van der Waals surface area contributed by atoms with E-state index >= 15 is 0 Å². The number of aliphatic carboxylic acids is 1. The highest BCUT2D eigenvalue weighted by atomic mass is 35.5. The summed E-state index contributed by atoms with van der Waals surface area (Å²) in [5.41, 5.74) is 8.74. The van der Waals surface area contributed by atoms with Gasteiger partial charge in [0.25, 0.3) is 0 Å². The van der Waals surface area contributed by atoms with Gasteiger partial charge in [0, 0.05) is 24.2 Å². The van der Waals surface area contributed by atoms with E-state index in [1.807, 2.05) is 0 Å². The third-order valence-electron chi connectivity index (χ3n) is 3.32. The fraction of sp³-hybridized carbons (Fsp3) is 0.357. The standard InChI is InChI=1S/C12H16N2O.C2H3ClO2/c1-7-8(2)14(3)11-6-10(13)12(15-4)5-9(7)11;3-1-2(4)5/h5-6H,13H2,1-4H3;1H2,(H,4,5). The van der Waals surface area contributed by atoms with Crippen LogP contribution in [0.15, 0.2) is 12.1 Å². The number of quaternary nitrogens is 1. The van der Waals surface area contributed by atoms with Crippen LogP contribution in [0.4, 0.5) is 5.69 Å². The summed E-state index contributed by atoms with van der Waals surface area (Å²) in [6, 6.07) is 4.15. The number of nitrogens with zero attached hydrogens (tertiary/aromatic N) is 1. The van der Waals surface area contributed by atoms with Gasteiger partial charge in [0.2, 0.25) is 0 Å². The van der Waals surface area contributed by atoms with E-state index < -0.39 is 11.8 Å². The molecule has 0 aliphatic heterocycles. The zero-order valence-corrected chi connectivity index (χ0v) is 12.9. The predicted octanol–water partition coefficient (Wildman–Crippen LogP) is 0.652. The predicted molar refractivity (Wildman–Crippen MR) is 77.2 cm³/mol. The Morgan fingerprint density at radius 1 is 1.45 bits per heavy atom. The number of carboxylic acid groups (broad SMARTS) is 1. The number of fused-ring (bicyclic) bond motifs is 1. The van der Waals surface area contributed by atoms with Crippen molar-refractivity contribution < 1.29 is 20.4 Å². The molecule has 3 N–H and O–H groups in total. The first kappa shape index (κ1) is 16.3. The summed E-state index contributed by atoms with van der Waals surface area (Å²) in [6.07, 6.45) is 0. The van der Waals surface area contributed by atoms with Crippen LogP contribution >= 0.6 is 11.6 Å². The number of halogens is 1. The molecular weight excluding hydrogens is 280 g/mol. The zero-order valence-electron chi connectivity index (χ0n) is 12.1. The van der Waals surface area contributed by atoms with Gasteiger partial charge >= 0.3 is 0 Å². The van der Waals surface area contributed by atoms with Crippen molar-refractivity contribution in [2.75, 3.05) is 13.0 Å². The van der Waals surface area contributed by atoms with Crippen molar-refractivity contribution in [3.8, 4) is 5.75 Å². The maximum absolute atomic E-state index is 9.12. The molecule has 2 rings (SSSR count). The Balaban J connectivity index is 0.000000347. The largest absolute Gasteiger partial charge is 0.549 e. The lowest BCUT2D eigenvalue weighted by Crippen LogP contribution is -2.40. The molecule has 20 heavy (non-hydrogen) atoms. The van der Waals surface area contributed by atoms with Crippen molar-refractivity contribution in [2.45, 2.75) is 13.8 Å². The van der Waals surface area contributed by atoms with E-state index in [2.05, 4.69) is 54.9 Å². The third kappa shape index (κ3) is 3.23. The van der Waals surface area contributed by atoms with Gasteiger partial charge in [-0.15, -0.1) is 11.6 Å². The van der Waals surface area contributed by atoms with Crippen LogP contribution in [-0.2, 0) is 11.8 Å². The molecule has 0 aliphatic rings. The van der Waals surface area contributed by atoms with E-state index in [9.17, 15) is 0 Å². The van der Waals surface area contributed by atoms with E-state index in [0.717, 1.165) is 11.4 Å². The van der Waals surface area contributed by atoms with Crippen LogP contribution in [0.3, 0.4) is 0 Å². The number of rotatable bonds is 2. The molecule has 0 amide bonds. The number of benzene rings is 1. The molecule has 0 unspecified atom stereocenters. The summed E-state index contributed by atoms with van der Waals surface area (Å²) in [6.45, 7) is 4.27. The van der Waals surface area contributed by atoms with Gasteiger partial charge in [0.05, 0.1) is 24.5 Å². The van der Waals surface area contributed by atoms with Crippen LogP contribution < -0.4 is 15.6 Å². The minimum absolute atomic E-state index is 0.417. The van der Waals surface area contributed by atoms with Crippen molar-refractivity contribution >= 4 is 34.2 Å². The molecule has 2 aromatic rings. The average molecular weight is 299 g/mol. The molecule has 0 saturated heterocycles. The lowest BCUT2D eigenvalue weighted by molar-refractivity contribution is -0.301. The number of alkyl halides is 1. The quantitative estimate of drug-likeness (QED) is 0.827. The van der Waals surface area contributed by atoms with Gasteiger partial charge in [-0.05, 0) is 25.5 Å². The number of aromatic nitrogens is 1. The van der Waals surface area contributed by atoms with E-state index in [0.29, 0.717) is 0 Å². The maximum atomic E-state index is 9.12. The van der Waals surface area contributed by atoms with Gasteiger partial charge in [-0.1, -0.05) is 0 Å². The SMILES string of the molecule is COc1cc2c(C)c(C)n(C)c2cc1[NH3+].O=C([O-])CCl. The number of aryl methyl sites for hydroxylation is 2. The molecule has 1 heterocycles. The number of carbonyl (C=O) groups excluding carboxylic acids is 1. The fourth-order valence-electron chi connectivity index (χ4n) is 2.01.